The van der Waals surface area contributed by atoms with E-state index in [1.54, 1.807) is 24.3 Å². The Labute approximate surface area is 168 Å². The van der Waals surface area contributed by atoms with Gasteiger partial charge in [-0.25, -0.2) is 0 Å². The molecule has 1 saturated heterocycles. The predicted molar refractivity (Wildman–Crippen MR) is 105 cm³/mol. The molecule has 1 N–H and O–H groups in total. The second-order valence-corrected chi connectivity index (χ2v) is 7.00. The number of benzene rings is 1. The number of ketones is 1. The molecule has 1 unspecified atom stereocenters. The molecule has 28 heavy (non-hydrogen) atoms. The van der Waals surface area contributed by atoms with Gasteiger partial charge in [0, 0.05) is 11.6 Å². The number of ether oxygens (including phenoxy) is 1. The van der Waals surface area contributed by atoms with E-state index in [2.05, 4.69) is 6.92 Å². The van der Waals surface area contributed by atoms with Crippen molar-refractivity contribution in [2.45, 2.75) is 32.2 Å². The Bertz CT molecular complexity index is 904. The number of nitrogens with zero attached hydrogens (tertiary/aromatic N) is 1. The van der Waals surface area contributed by atoms with Crippen LogP contribution in [0.5, 0.6) is 5.75 Å². The van der Waals surface area contributed by atoms with E-state index in [1.807, 2.05) is 0 Å². The average molecular weight is 404 g/mol. The number of aliphatic hydroxyl groups excluding tert-OH is 1. The summed E-state index contributed by atoms with van der Waals surface area (Å²) in [5.41, 5.74) is 0.218. The summed E-state index contributed by atoms with van der Waals surface area (Å²) in [5.74, 6) is -0.981. The molecule has 1 atom stereocenters. The fourth-order valence-corrected chi connectivity index (χ4v) is 3.57. The van der Waals surface area contributed by atoms with Gasteiger partial charge in [-0.15, -0.1) is 0 Å². The molecule has 0 saturated carbocycles. The number of halogens is 1. The van der Waals surface area contributed by atoms with Gasteiger partial charge >= 0.3 is 0 Å². The Morgan fingerprint density at radius 3 is 2.71 bits per heavy atom. The van der Waals surface area contributed by atoms with Crippen molar-refractivity contribution in [3.8, 4) is 5.75 Å². The Hall–Kier alpha value is -2.73. The number of likely N-dealkylation sites (tertiary alicyclic amines) is 1. The molecular formula is C21H22ClNO5. The normalized spacial score (nSPS) is 18.7. The lowest BCUT2D eigenvalue weighted by molar-refractivity contribution is -0.140. The van der Waals surface area contributed by atoms with E-state index < -0.39 is 17.7 Å². The number of hydrogen-bond donors (Lipinski definition) is 1. The van der Waals surface area contributed by atoms with E-state index in [1.165, 1.54) is 24.3 Å². The molecule has 0 bridgehead atoms. The third-order valence-corrected chi connectivity index (χ3v) is 5.01. The van der Waals surface area contributed by atoms with Gasteiger partial charge in [-0.2, -0.15) is 0 Å². The molecule has 1 aliphatic rings. The van der Waals surface area contributed by atoms with Gasteiger partial charge < -0.3 is 19.2 Å². The number of amides is 1. The summed E-state index contributed by atoms with van der Waals surface area (Å²) < 4.78 is 10.8. The highest BCUT2D eigenvalue weighted by Crippen LogP contribution is 2.41. The van der Waals surface area contributed by atoms with Gasteiger partial charge in [0.15, 0.2) is 0 Å². The third kappa shape index (κ3) is 3.64. The number of methoxy groups -OCH3 is 1. The molecule has 148 valence electrons. The first kappa shape index (κ1) is 20.0. The van der Waals surface area contributed by atoms with Crippen LogP contribution in [-0.4, -0.2) is 35.4 Å². The summed E-state index contributed by atoms with van der Waals surface area (Å²) in [7, 11) is 1.45. The van der Waals surface area contributed by atoms with Crippen molar-refractivity contribution < 1.29 is 23.8 Å². The first-order chi connectivity index (χ1) is 13.5. The monoisotopic (exact) mass is 403 g/mol. The summed E-state index contributed by atoms with van der Waals surface area (Å²) in [6.45, 7) is 2.46. The summed E-state index contributed by atoms with van der Waals surface area (Å²) in [6.07, 6.45) is 4.13. The van der Waals surface area contributed by atoms with Gasteiger partial charge in [-0.3, -0.25) is 9.59 Å². The molecule has 6 nitrogen and oxygen atoms in total. The Kier molecular flexibility index (Phi) is 6.09. The topological polar surface area (TPSA) is 80.0 Å². The van der Waals surface area contributed by atoms with Crippen LogP contribution in [0.4, 0.5) is 0 Å². The second-order valence-electron chi connectivity index (χ2n) is 6.56. The molecule has 2 heterocycles. The van der Waals surface area contributed by atoms with Crippen LogP contribution < -0.4 is 4.74 Å². The Morgan fingerprint density at radius 2 is 2.07 bits per heavy atom. The van der Waals surface area contributed by atoms with Gasteiger partial charge in [-0.1, -0.05) is 31.4 Å². The molecular weight excluding hydrogens is 382 g/mol. The van der Waals surface area contributed by atoms with Crippen LogP contribution in [-0.2, 0) is 9.59 Å². The molecule has 7 heteroatoms. The highest BCUT2D eigenvalue weighted by Gasteiger charge is 2.47. The minimum absolute atomic E-state index is 0.0305. The zero-order chi connectivity index (χ0) is 20.3. The third-order valence-electron chi connectivity index (χ3n) is 4.77. The van der Waals surface area contributed by atoms with Crippen LogP contribution in [0.25, 0.3) is 5.76 Å². The lowest BCUT2D eigenvalue weighted by atomic mass is 9.98. The fourth-order valence-electron chi connectivity index (χ4n) is 3.40. The van der Waals surface area contributed by atoms with Crippen LogP contribution in [0.2, 0.25) is 5.02 Å². The fraction of sp³-hybridized carbons (Fsp3) is 0.333. The molecule has 1 fully saturated rings. The van der Waals surface area contributed by atoms with Crippen LogP contribution in [0.15, 0.2) is 46.6 Å². The van der Waals surface area contributed by atoms with E-state index in [-0.39, 0.29) is 16.9 Å². The number of rotatable bonds is 7. The van der Waals surface area contributed by atoms with E-state index in [4.69, 9.17) is 20.8 Å². The van der Waals surface area contributed by atoms with Crippen molar-refractivity contribution >= 4 is 29.1 Å². The zero-order valence-corrected chi connectivity index (χ0v) is 16.5. The van der Waals surface area contributed by atoms with Crippen molar-refractivity contribution in [1.82, 2.24) is 4.90 Å². The first-order valence-electron chi connectivity index (χ1n) is 9.15. The zero-order valence-electron chi connectivity index (χ0n) is 15.8. The minimum atomic E-state index is -0.796. The molecule has 1 aromatic carbocycles. The first-order valence-corrected chi connectivity index (χ1v) is 9.53. The maximum Gasteiger partial charge on any atom is 0.295 e. The smallest absolute Gasteiger partial charge is 0.295 e. The van der Waals surface area contributed by atoms with Crippen molar-refractivity contribution in [3.05, 3.63) is 58.5 Å². The summed E-state index contributed by atoms with van der Waals surface area (Å²) in [6, 6.07) is 7.28. The molecule has 1 aliphatic heterocycles. The number of Topliss-reactive ketones (excluding diaryl/α,β-unsaturated/α-hetero) is 1. The maximum absolute atomic E-state index is 12.8. The van der Waals surface area contributed by atoms with Crippen LogP contribution in [0.1, 0.15) is 43.6 Å². The number of hydrogen-bond acceptors (Lipinski definition) is 5. The SMILES string of the molecule is CCCCCN1C(=O)C(=O)/C(=C(\O)c2cc(Cl)ccc2OC)C1c1ccco1. The van der Waals surface area contributed by atoms with E-state index in [9.17, 15) is 14.7 Å². The molecule has 0 spiro atoms. The Balaban J connectivity index is 2.14. The van der Waals surface area contributed by atoms with Crippen molar-refractivity contribution in [2.75, 3.05) is 13.7 Å². The highest BCUT2D eigenvalue weighted by atomic mass is 35.5. The van der Waals surface area contributed by atoms with Crippen LogP contribution >= 0.6 is 11.6 Å². The van der Waals surface area contributed by atoms with Crippen molar-refractivity contribution in [3.63, 3.8) is 0 Å². The van der Waals surface area contributed by atoms with Gasteiger partial charge in [0.25, 0.3) is 11.7 Å². The number of carbonyl (C=O) groups excluding carboxylic acids is 2. The number of aliphatic hydroxyl groups is 1. The molecule has 2 aromatic rings. The minimum Gasteiger partial charge on any atom is -0.507 e. The standard InChI is InChI=1S/C21H22ClNO5/c1-3-4-5-10-23-18(16-7-6-11-28-16)17(20(25)21(23)26)19(24)14-12-13(22)8-9-15(14)27-2/h6-9,11-12,18,24H,3-5,10H2,1-2H3/b19-17-. The van der Waals surface area contributed by atoms with Crippen LogP contribution in [0, 0.1) is 0 Å². The second kappa shape index (κ2) is 8.52. The van der Waals surface area contributed by atoms with E-state index in [0.717, 1.165) is 19.3 Å². The largest absolute Gasteiger partial charge is 0.507 e. The quantitative estimate of drug-likeness (QED) is 0.317. The molecule has 3 rings (SSSR count). The Morgan fingerprint density at radius 1 is 1.29 bits per heavy atom. The summed E-state index contributed by atoms with van der Waals surface area (Å²) in [5, 5.41) is 11.4. The molecule has 0 aliphatic carbocycles. The molecule has 1 amide bonds. The van der Waals surface area contributed by atoms with Crippen molar-refractivity contribution in [1.29, 1.82) is 0 Å². The highest BCUT2D eigenvalue weighted by molar-refractivity contribution is 6.46. The van der Waals surface area contributed by atoms with Crippen LogP contribution in [0.3, 0.4) is 0 Å². The van der Waals surface area contributed by atoms with Crippen molar-refractivity contribution in [2.24, 2.45) is 0 Å². The predicted octanol–water partition coefficient (Wildman–Crippen LogP) is 4.55. The van der Waals surface area contributed by atoms with Gasteiger partial charge in [0.2, 0.25) is 0 Å². The number of carbonyl (C=O) groups is 2. The summed E-state index contributed by atoms with van der Waals surface area (Å²) >= 11 is 6.07. The number of furan rings is 1. The van der Waals surface area contributed by atoms with Gasteiger partial charge in [-0.05, 0) is 36.8 Å². The van der Waals surface area contributed by atoms with E-state index >= 15 is 0 Å². The summed E-state index contributed by atoms with van der Waals surface area (Å²) in [4.78, 5) is 27.0. The molecule has 0 radical (unpaired) electrons. The lowest BCUT2D eigenvalue weighted by Gasteiger charge is -2.23. The average Bonchev–Trinajstić information content (AvgIpc) is 3.30. The van der Waals surface area contributed by atoms with Gasteiger partial charge in [0.05, 0.1) is 24.5 Å². The lowest BCUT2D eigenvalue weighted by Crippen LogP contribution is -2.30. The molecule has 1 aromatic heterocycles. The number of unbranched alkanes of at least 4 members (excludes halogenated alkanes) is 2. The maximum atomic E-state index is 12.8. The van der Waals surface area contributed by atoms with E-state index in [0.29, 0.717) is 23.1 Å². The van der Waals surface area contributed by atoms with Gasteiger partial charge in [0.1, 0.15) is 23.3 Å².